The monoisotopic (exact) mass is 527 g/mol. The van der Waals surface area contributed by atoms with Gasteiger partial charge in [0.25, 0.3) is 5.91 Å². The number of rotatable bonds is 8. The van der Waals surface area contributed by atoms with Crippen molar-refractivity contribution in [2.24, 2.45) is 0 Å². The van der Waals surface area contributed by atoms with E-state index in [2.05, 4.69) is 10.6 Å². The molecule has 3 rings (SSSR count). The number of aliphatic carboxylic acids is 2. The van der Waals surface area contributed by atoms with Crippen LogP contribution in [0, 0.1) is 0 Å². The lowest BCUT2D eigenvalue weighted by Gasteiger charge is -2.17. The number of anilines is 2. The molecule has 0 unspecified atom stereocenters. The van der Waals surface area contributed by atoms with Crippen molar-refractivity contribution in [3.05, 3.63) is 88.9 Å². The molecule has 0 saturated carbocycles. The Labute approximate surface area is 218 Å². The molecule has 2 amide bonds. The number of hydrogen-bond donors (Lipinski definition) is 4. The average Bonchev–Trinajstić information content (AvgIpc) is 2.86. The molecule has 0 aliphatic heterocycles. The number of nitrogens with zero attached hydrogens (tertiary/aromatic N) is 1. The van der Waals surface area contributed by atoms with Gasteiger partial charge in [-0.3, -0.25) is 14.5 Å². The van der Waals surface area contributed by atoms with Crippen LogP contribution >= 0.6 is 11.6 Å². The zero-order chi connectivity index (χ0) is 27.4. The van der Waals surface area contributed by atoms with Gasteiger partial charge >= 0.3 is 11.9 Å². The van der Waals surface area contributed by atoms with E-state index in [-0.39, 0.29) is 18.4 Å². The van der Waals surface area contributed by atoms with Crippen molar-refractivity contribution in [3.63, 3.8) is 0 Å². The number of methoxy groups -OCH3 is 1. The highest BCUT2D eigenvalue weighted by Gasteiger charge is 2.12. The number of carbonyl (C=O) groups is 4. The zero-order valence-electron chi connectivity index (χ0n) is 20.1. The van der Waals surface area contributed by atoms with Crippen LogP contribution in [0.15, 0.2) is 72.8 Å². The summed E-state index contributed by atoms with van der Waals surface area (Å²) in [6.45, 7) is 0.774. The Hall–Kier alpha value is -4.41. The first-order valence-corrected chi connectivity index (χ1v) is 11.2. The number of likely N-dealkylation sites (N-methyl/N-ethyl adjacent to an activating group) is 1. The second-order valence-electron chi connectivity index (χ2n) is 7.65. The van der Waals surface area contributed by atoms with Crippen LogP contribution in [0.2, 0.25) is 5.02 Å². The third-order valence-corrected chi connectivity index (χ3v) is 5.15. The van der Waals surface area contributed by atoms with E-state index >= 15 is 0 Å². The largest absolute Gasteiger partial charge is 0.495 e. The van der Waals surface area contributed by atoms with Gasteiger partial charge in [-0.05, 0) is 55.1 Å². The number of ether oxygens (including phenoxy) is 1. The highest BCUT2D eigenvalue weighted by atomic mass is 35.5. The summed E-state index contributed by atoms with van der Waals surface area (Å²) in [4.78, 5) is 44.9. The molecular weight excluding hydrogens is 502 g/mol. The molecule has 0 spiro atoms. The lowest BCUT2D eigenvalue weighted by atomic mass is 10.2. The first-order chi connectivity index (χ1) is 17.6. The van der Waals surface area contributed by atoms with Crippen LogP contribution in [0.4, 0.5) is 11.4 Å². The fourth-order valence-electron chi connectivity index (χ4n) is 3.07. The highest BCUT2D eigenvalue weighted by Crippen LogP contribution is 2.24. The normalized spacial score (nSPS) is 10.1. The molecule has 0 aliphatic rings. The first kappa shape index (κ1) is 28.8. The Kier molecular flexibility index (Phi) is 11.1. The number of halogens is 1. The summed E-state index contributed by atoms with van der Waals surface area (Å²) in [6, 6.07) is 21.5. The Balaban J connectivity index is 0.000000717. The van der Waals surface area contributed by atoms with Crippen molar-refractivity contribution in [2.45, 2.75) is 6.54 Å². The fourth-order valence-corrected chi connectivity index (χ4v) is 3.26. The summed E-state index contributed by atoms with van der Waals surface area (Å²) < 4.78 is 5.25. The summed E-state index contributed by atoms with van der Waals surface area (Å²) in [5.74, 6) is -3.48. The maximum absolute atomic E-state index is 12.5. The van der Waals surface area contributed by atoms with Crippen molar-refractivity contribution in [3.8, 4) is 5.75 Å². The summed E-state index contributed by atoms with van der Waals surface area (Å²) in [5, 5.41) is 21.1. The van der Waals surface area contributed by atoms with E-state index in [1.54, 1.807) is 43.5 Å². The second-order valence-corrected chi connectivity index (χ2v) is 8.06. The van der Waals surface area contributed by atoms with Gasteiger partial charge in [0.05, 0.1) is 19.3 Å². The number of carboxylic acid groups (broad SMARTS) is 2. The maximum atomic E-state index is 12.5. The number of nitrogens with one attached hydrogen (secondary N) is 2. The van der Waals surface area contributed by atoms with Crippen LogP contribution in [-0.2, 0) is 20.9 Å². The fraction of sp³-hybridized carbons (Fsp3) is 0.154. The minimum Gasteiger partial charge on any atom is -0.495 e. The molecule has 3 aromatic rings. The van der Waals surface area contributed by atoms with Gasteiger partial charge in [-0.25, -0.2) is 9.59 Å². The van der Waals surface area contributed by atoms with Crippen molar-refractivity contribution < 1.29 is 34.1 Å². The molecule has 3 aromatic carbocycles. The predicted octanol–water partition coefficient (Wildman–Crippen LogP) is 3.83. The minimum absolute atomic E-state index is 0.152. The molecular formula is C26H26ClN3O7. The molecule has 11 heteroatoms. The smallest absolute Gasteiger partial charge is 0.414 e. The Bertz CT molecular complexity index is 1240. The van der Waals surface area contributed by atoms with Crippen LogP contribution in [0.25, 0.3) is 0 Å². The molecule has 0 radical (unpaired) electrons. The van der Waals surface area contributed by atoms with E-state index in [1.165, 1.54) is 0 Å². The quantitative estimate of drug-likeness (QED) is 0.323. The van der Waals surface area contributed by atoms with Gasteiger partial charge in [0.1, 0.15) is 5.75 Å². The van der Waals surface area contributed by atoms with E-state index < -0.39 is 11.9 Å². The zero-order valence-corrected chi connectivity index (χ0v) is 20.9. The van der Waals surface area contributed by atoms with Crippen molar-refractivity contribution in [1.29, 1.82) is 0 Å². The average molecular weight is 528 g/mol. The van der Waals surface area contributed by atoms with Crippen LogP contribution in [0.3, 0.4) is 0 Å². The minimum atomic E-state index is -1.82. The van der Waals surface area contributed by atoms with Crippen LogP contribution in [0.5, 0.6) is 5.75 Å². The standard InChI is InChI=1S/C24H24ClN3O3.C2H2O4/c1-28(15-18-7-3-4-8-20(18)25)16-23(29)26-19-13-11-17(12-14-19)24(30)27-21-9-5-6-10-22(21)31-2;3-1(4)2(5)6/h3-14H,15-16H2,1-2H3,(H,26,29)(H,27,30);(H,3,4)(H,5,6). The summed E-state index contributed by atoms with van der Waals surface area (Å²) in [5.41, 5.74) is 2.64. The van der Waals surface area contributed by atoms with Crippen molar-refractivity contribution >= 4 is 46.7 Å². The van der Waals surface area contributed by atoms with Gasteiger partial charge < -0.3 is 25.6 Å². The lowest BCUT2D eigenvalue weighted by Crippen LogP contribution is -2.29. The third-order valence-electron chi connectivity index (χ3n) is 4.78. The Morgan fingerprint density at radius 1 is 0.865 bits per heavy atom. The molecule has 194 valence electrons. The molecule has 0 fully saturated rings. The first-order valence-electron chi connectivity index (χ1n) is 10.8. The van der Waals surface area contributed by atoms with Gasteiger partial charge in [0.15, 0.2) is 0 Å². The maximum Gasteiger partial charge on any atom is 0.414 e. The molecule has 10 nitrogen and oxygen atoms in total. The Morgan fingerprint density at radius 2 is 1.46 bits per heavy atom. The van der Waals surface area contributed by atoms with E-state index in [0.29, 0.717) is 34.3 Å². The SMILES string of the molecule is COc1ccccc1NC(=O)c1ccc(NC(=O)CN(C)Cc2ccccc2Cl)cc1.O=C(O)C(=O)O. The van der Waals surface area contributed by atoms with E-state index in [4.69, 9.17) is 36.1 Å². The molecule has 0 saturated heterocycles. The number of amides is 2. The summed E-state index contributed by atoms with van der Waals surface area (Å²) >= 11 is 6.18. The summed E-state index contributed by atoms with van der Waals surface area (Å²) in [7, 11) is 3.41. The number of benzene rings is 3. The third kappa shape index (κ3) is 9.63. The molecule has 0 aliphatic carbocycles. The van der Waals surface area contributed by atoms with Crippen LogP contribution in [-0.4, -0.2) is 59.6 Å². The molecule has 4 N–H and O–H groups in total. The van der Waals surface area contributed by atoms with Crippen molar-refractivity contribution in [1.82, 2.24) is 4.90 Å². The topological polar surface area (TPSA) is 145 Å². The number of carboxylic acids is 2. The lowest BCUT2D eigenvalue weighted by molar-refractivity contribution is -0.159. The highest BCUT2D eigenvalue weighted by molar-refractivity contribution is 6.31. The van der Waals surface area contributed by atoms with Gasteiger partial charge in [-0.2, -0.15) is 0 Å². The van der Waals surface area contributed by atoms with Gasteiger partial charge in [0, 0.05) is 22.8 Å². The van der Waals surface area contributed by atoms with E-state index in [1.807, 2.05) is 48.3 Å². The molecule has 0 bridgehead atoms. The number of carbonyl (C=O) groups excluding carboxylic acids is 2. The van der Waals surface area contributed by atoms with Gasteiger partial charge in [-0.1, -0.05) is 41.9 Å². The van der Waals surface area contributed by atoms with Crippen molar-refractivity contribution in [2.75, 3.05) is 31.3 Å². The molecule has 37 heavy (non-hydrogen) atoms. The van der Waals surface area contributed by atoms with Crippen LogP contribution < -0.4 is 15.4 Å². The number of hydrogen-bond acceptors (Lipinski definition) is 6. The van der Waals surface area contributed by atoms with Crippen LogP contribution in [0.1, 0.15) is 15.9 Å². The molecule has 0 atom stereocenters. The molecule has 0 aromatic heterocycles. The second kappa shape index (κ2) is 14.2. The van der Waals surface area contributed by atoms with Gasteiger partial charge in [-0.15, -0.1) is 0 Å². The van der Waals surface area contributed by atoms with E-state index in [0.717, 1.165) is 5.56 Å². The van der Waals surface area contributed by atoms with Gasteiger partial charge in [0.2, 0.25) is 5.91 Å². The molecule has 0 heterocycles. The summed E-state index contributed by atoms with van der Waals surface area (Å²) in [6.07, 6.45) is 0. The van der Waals surface area contributed by atoms with E-state index in [9.17, 15) is 9.59 Å². The predicted molar refractivity (Wildman–Crippen MR) is 139 cm³/mol. The number of para-hydroxylation sites is 2. The Morgan fingerprint density at radius 3 is 2.05 bits per heavy atom.